The van der Waals surface area contributed by atoms with E-state index in [0.717, 1.165) is 46.2 Å². The van der Waals surface area contributed by atoms with Gasteiger partial charge in [0.05, 0.1) is 5.70 Å². The second kappa shape index (κ2) is 6.97. The molecule has 0 bridgehead atoms. The topological polar surface area (TPSA) is 43.2 Å². The van der Waals surface area contributed by atoms with E-state index in [4.69, 9.17) is 0 Å². The number of ether oxygens (including phenoxy) is 1. The summed E-state index contributed by atoms with van der Waals surface area (Å²) in [5.41, 5.74) is 4.16. The van der Waals surface area contributed by atoms with Crippen molar-refractivity contribution in [3.8, 4) is 16.5 Å². The van der Waals surface area contributed by atoms with Crippen molar-refractivity contribution in [3.05, 3.63) is 53.3 Å². The molecule has 9 heteroatoms. The quantitative estimate of drug-likeness (QED) is 0.595. The van der Waals surface area contributed by atoms with Crippen LogP contribution >= 0.6 is 11.3 Å². The molecule has 0 fully saturated rings. The van der Waals surface area contributed by atoms with Crippen molar-refractivity contribution in [1.29, 1.82) is 0 Å². The van der Waals surface area contributed by atoms with Crippen molar-refractivity contribution < 1.29 is 17.9 Å². The summed E-state index contributed by atoms with van der Waals surface area (Å²) < 4.78 is 43.4. The predicted octanol–water partition coefficient (Wildman–Crippen LogP) is 5.23. The Morgan fingerprint density at radius 2 is 1.93 bits per heavy atom. The van der Waals surface area contributed by atoms with Crippen molar-refractivity contribution in [3.63, 3.8) is 0 Å². The number of aromatic nitrogens is 3. The van der Waals surface area contributed by atoms with E-state index in [0.29, 0.717) is 0 Å². The first-order valence-electron chi connectivity index (χ1n) is 8.60. The van der Waals surface area contributed by atoms with Crippen LogP contribution in [-0.2, 0) is 0 Å². The number of benzene rings is 1. The molecule has 0 N–H and O–H groups in total. The van der Waals surface area contributed by atoms with Gasteiger partial charge < -0.3 is 9.64 Å². The molecule has 0 aliphatic carbocycles. The average molecular weight is 406 g/mol. The highest BCUT2D eigenvalue weighted by molar-refractivity contribution is 7.13. The van der Waals surface area contributed by atoms with Gasteiger partial charge in [0, 0.05) is 42.6 Å². The fourth-order valence-electron chi connectivity index (χ4n) is 3.40. The Morgan fingerprint density at radius 3 is 2.57 bits per heavy atom. The minimum absolute atomic E-state index is 0.199. The number of aryl methyl sites for hydroxylation is 2. The SMILES string of the molecule is Cc1cc(OC(F)(F)F)cc(C)c1N1C=C(n2ccc(-c3nccs3)n2)CC1. The Hall–Kier alpha value is -2.81. The smallest absolute Gasteiger partial charge is 0.406 e. The van der Waals surface area contributed by atoms with Crippen LogP contribution in [0.1, 0.15) is 17.5 Å². The number of anilines is 1. The highest BCUT2D eigenvalue weighted by Crippen LogP contribution is 2.35. The molecule has 4 rings (SSSR count). The van der Waals surface area contributed by atoms with E-state index >= 15 is 0 Å². The molecule has 1 aromatic carbocycles. The molecule has 0 saturated carbocycles. The molecule has 28 heavy (non-hydrogen) atoms. The molecule has 5 nitrogen and oxygen atoms in total. The van der Waals surface area contributed by atoms with Crippen LogP contribution in [0.5, 0.6) is 5.75 Å². The normalized spacial score (nSPS) is 14.5. The van der Waals surface area contributed by atoms with Crippen molar-refractivity contribution in [2.75, 3.05) is 11.4 Å². The van der Waals surface area contributed by atoms with Crippen LogP contribution in [0.25, 0.3) is 16.4 Å². The van der Waals surface area contributed by atoms with Gasteiger partial charge in [0.15, 0.2) is 0 Å². The molecule has 0 spiro atoms. The standard InChI is InChI=1S/C19H17F3N4OS/c1-12-9-15(27-19(20,21)22)10-13(2)17(12)25-6-3-14(11-25)26-7-4-16(24-26)18-23-5-8-28-18/h4-5,7-11H,3,6H2,1-2H3. The van der Waals surface area contributed by atoms with Gasteiger partial charge in [-0.2, -0.15) is 5.10 Å². The lowest BCUT2D eigenvalue weighted by molar-refractivity contribution is -0.274. The number of hydrogen-bond acceptors (Lipinski definition) is 5. The molecule has 0 unspecified atom stereocenters. The van der Waals surface area contributed by atoms with E-state index in [-0.39, 0.29) is 5.75 Å². The van der Waals surface area contributed by atoms with Crippen LogP contribution in [-0.4, -0.2) is 27.7 Å². The summed E-state index contributed by atoms with van der Waals surface area (Å²) in [6.45, 7) is 4.29. The molecule has 0 amide bonds. The fourth-order valence-corrected chi connectivity index (χ4v) is 4.01. The lowest BCUT2D eigenvalue weighted by atomic mass is 10.1. The molecule has 0 atom stereocenters. The molecule has 1 aliphatic rings. The summed E-state index contributed by atoms with van der Waals surface area (Å²) in [6.07, 6.45) is 1.70. The zero-order chi connectivity index (χ0) is 19.9. The maximum absolute atomic E-state index is 12.5. The highest BCUT2D eigenvalue weighted by atomic mass is 32.1. The van der Waals surface area contributed by atoms with Crippen molar-refractivity contribution in [2.24, 2.45) is 0 Å². The molecular formula is C19H17F3N4OS. The van der Waals surface area contributed by atoms with Crippen LogP contribution in [0.3, 0.4) is 0 Å². The molecule has 3 heterocycles. The lowest BCUT2D eigenvalue weighted by Crippen LogP contribution is -2.18. The summed E-state index contributed by atoms with van der Waals surface area (Å²) in [5, 5.41) is 7.35. The monoisotopic (exact) mass is 406 g/mol. The third-order valence-corrected chi connectivity index (χ3v) is 5.23. The molecule has 0 radical (unpaired) electrons. The lowest BCUT2D eigenvalue weighted by Gasteiger charge is -2.22. The van der Waals surface area contributed by atoms with Crippen molar-refractivity contribution >= 4 is 22.7 Å². The Bertz CT molecular complexity index is 1000. The first-order chi connectivity index (χ1) is 13.3. The van der Waals surface area contributed by atoms with Crippen molar-refractivity contribution in [2.45, 2.75) is 26.6 Å². The second-order valence-electron chi connectivity index (χ2n) is 6.50. The Balaban J connectivity index is 1.59. The summed E-state index contributed by atoms with van der Waals surface area (Å²) in [6, 6.07) is 4.74. The highest BCUT2D eigenvalue weighted by Gasteiger charge is 2.31. The van der Waals surface area contributed by atoms with Gasteiger partial charge in [0.2, 0.25) is 0 Å². The van der Waals surface area contributed by atoms with E-state index in [1.807, 2.05) is 33.4 Å². The van der Waals surface area contributed by atoms with Crippen molar-refractivity contribution in [1.82, 2.24) is 14.8 Å². The van der Waals surface area contributed by atoms with Crippen LogP contribution in [0.2, 0.25) is 0 Å². The largest absolute Gasteiger partial charge is 0.573 e. The van der Waals surface area contributed by atoms with E-state index in [2.05, 4.69) is 14.8 Å². The summed E-state index contributed by atoms with van der Waals surface area (Å²) in [7, 11) is 0. The maximum atomic E-state index is 12.5. The van der Waals surface area contributed by atoms with Gasteiger partial charge in [0.1, 0.15) is 16.5 Å². The van der Waals surface area contributed by atoms with E-state index in [1.54, 1.807) is 20.0 Å². The maximum Gasteiger partial charge on any atom is 0.573 e. The minimum atomic E-state index is -4.70. The Labute approximate surface area is 163 Å². The number of rotatable bonds is 4. The van der Waals surface area contributed by atoms with Crippen LogP contribution < -0.4 is 9.64 Å². The van der Waals surface area contributed by atoms with E-state index in [1.165, 1.54) is 23.5 Å². The summed E-state index contributed by atoms with van der Waals surface area (Å²) >= 11 is 1.53. The van der Waals surface area contributed by atoms with Gasteiger partial charge in [-0.1, -0.05) is 0 Å². The number of hydrogen-bond donors (Lipinski definition) is 0. The summed E-state index contributed by atoms with van der Waals surface area (Å²) in [4.78, 5) is 6.31. The van der Waals surface area contributed by atoms with Crippen LogP contribution in [0, 0.1) is 13.8 Å². The van der Waals surface area contributed by atoms with E-state index in [9.17, 15) is 13.2 Å². The Kier molecular flexibility index (Phi) is 4.62. The molecular weight excluding hydrogens is 389 g/mol. The first-order valence-corrected chi connectivity index (χ1v) is 9.48. The molecule has 0 saturated heterocycles. The van der Waals surface area contributed by atoms with Gasteiger partial charge in [-0.25, -0.2) is 9.67 Å². The summed E-state index contributed by atoms with van der Waals surface area (Å²) in [5.74, 6) is -0.199. The van der Waals surface area contributed by atoms with Crippen LogP contribution in [0.4, 0.5) is 18.9 Å². The number of thiazole rings is 1. The van der Waals surface area contributed by atoms with Gasteiger partial charge in [0.25, 0.3) is 0 Å². The van der Waals surface area contributed by atoms with E-state index < -0.39 is 6.36 Å². The molecule has 146 valence electrons. The van der Waals surface area contributed by atoms with Gasteiger partial charge in [-0.05, 0) is 43.2 Å². The number of alkyl halides is 3. The predicted molar refractivity (Wildman–Crippen MR) is 102 cm³/mol. The number of nitrogens with zero attached hydrogens (tertiary/aromatic N) is 4. The second-order valence-corrected chi connectivity index (χ2v) is 7.39. The molecule has 1 aliphatic heterocycles. The Morgan fingerprint density at radius 1 is 1.18 bits per heavy atom. The van der Waals surface area contributed by atoms with Gasteiger partial charge in [-0.3, -0.25) is 0 Å². The number of halogens is 3. The first kappa shape index (κ1) is 18.5. The zero-order valence-corrected chi connectivity index (χ0v) is 16.0. The van der Waals surface area contributed by atoms with Gasteiger partial charge >= 0.3 is 6.36 Å². The third kappa shape index (κ3) is 3.75. The average Bonchev–Trinajstić information content (AvgIpc) is 3.33. The fraction of sp³-hybridized carbons (Fsp3) is 0.263. The van der Waals surface area contributed by atoms with Crippen LogP contribution in [0.15, 0.2) is 42.2 Å². The molecule has 2 aromatic heterocycles. The third-order valence-electron chi connectivity index (χ3n) is 4.43. The van der Waals surface area contributed by atoms with Gasteiger partial charge in [-0.15, -0.1) is 24.5 Å². The molecule has 3 aromatic rings. The zero-order valence-electron chi connectivity index (χ0n) is 15.2. The minimum Gasteiger partial charge on any atom is -0.406 e.